The van der Waals surface area contributed by atoms with Gasteiger partial charge in [-0.2, -0.15) is 0 Å². The first-order valence-electron chi connectivity index (χ1n) is 6.93. The molecule has 2 N–H and O–H groups in total. The van der Waals surface area contributed by atoms with Crippen LogP contribution in [0, 0.1) is 0 Å². The second-order valence-electron chi connectivity index (χ2n) is 4.95. The Labute approximate surface area is 114 Å². The van der Waals surface area contributed by atoms with Crippen molar-refractivity contribution in [1.82, 2.24) is 4.90 Å². The standard InChI is InChI=1S/C15H22N2O2/c1-2-6-13(16)15(18)17-9-10-19-14(11-17)12-7-4-3-5-8-12/h3-5,7-8,13-14H,2,6,9-11,16H2,1H3/t13-,14?/m0/s1. The van der Waals surface area contributed by atoms with Crippen molar-refractivity contribution >= 4 is 5.91 Å². The minimum atomic E-state index is -0.375. The summed E-state index contributed by atoms with van der Waals surface area (Å²) < 4.78 is 5.75. The second-order valence-corrected chi connectivity index (χ2v) is 4.95. The minimum Gasteiger partial charge on any atom is -0.370 e. The van der Waals surface area contributed by atoms with E-state index in [2.05, 4.69) is 0 Å². The predicted molar refractivity (Wildman–Crippen MR) is 74.6 cm³/mol. The Morgan fingerprint density at radius 3 is 2.89 bits per heavy atom. The fourth-order valence-corrected chi connectivity index (χ4v) is 2.39. The Kier molecular flexibility index (Phi) is 4.93. The topological polar surface area (TPSA) is 55.6 Å². The molecule has 2 atom stereocenters. The number of benzene rings is 1. The highest BCUT2D eigenvalue weighted by Gasteiger charge is 2.27. The summed E-state index contributed by atoms with van der Waals surface area (Å²) in [6.07, 6.45) is 1.64. The van der Waals surface area contributed by atoms with Gasteiger partial charge in [0.25, 0.3) is 0 Å². The van der Waals surface area contributed by atoms with Gasteiger partial charge in [0.15, 0.2) is 0 Å². The van der Waals surface area contributed by atoms with Crippen LogP contribution in [0.1, 0.15) is 31.4 Å². The number of rotatable bonds is 4. The maximum Gasteiger partial charge on any atom is 0.239 e. The molecule has 1 amide bonds. The van der Waals surface area contributed by atoms with E-state index in [4.69, 9.17) is 10.5 Å². The SMILES string of the molecule is CCC[C@H](N)C(=O)N1CCOC(c2ccccc2)C1. The molecule has 0 saturated carbocycles. The van der Waals surface area contributed by atoms with Gasteiger partial charge in [-0.1, -0.05) is 43.7 Å². The minimum absolute atomic E-state index is 0.0345. The summed E-state index contributed by atoms with van der Waals surface area (Å²) in [6.45, 7) is 3.85. The van der Waals surface area contributed by atoms with E-state index >= 15 is 0 Å². The molecule has 1 unspecified atom stereocenters. The van der Waals surface area contributed by atoms with E-state index in [9.17, 15) is 4.79 Å². The molecule has 0 spiro atoms. The summed E-state index contributed by atoms with van der Waals surface area (Å²) in [6, 6.07) is 9.64. The lowest BCUT2D eigenvalue weighted by Crippen LogP contribution is -2.49. The first-order chi connectivity index (χ1) is 9.22. The first-order valence-corrected chi connectivity index (χ1v) is 6.93. The van der Waals surface area contributed by atoms with E-state index in [1.54, 1.807) is 0 Å². The Balaban J connectivity index is 1.99. The smallest absolute Gasteiger partial charge is 0.239 e. The largest absolute Gasteiger partial charge is 0.370 e. The molecule has 0 aliphatic carbocycles. The Bertz CT molecular complexity index is 408. The number of morpholine rings is 1. The summed E-state index contributed by atoms with van der Waals surface area (Å²) in [5.74, 6) is 0.0473. The molecule has 1 aromatic carbocycles. The summed E-state index contributed by atoms with van der Waals surface area (Å²) in [5.41, 5.74) is 7.03. The molecule has 1 saturated heterocycles. The van der Waals surface area contributed by atoms with E-state index in [1.807, 2.05) is 42.2 Å². The van der Waals surface area contributed by atoms with Gasteiger partial charge in [0.1, 0.15) is 6.10 Å². The summed E-state index contributed by atoms with van der Waals surface area (Å²) in [5, 5.41) is 0. The molecule has 0 aromatic heterocycles. The van der Waals surface area contributed by atoms with Crippen LogP contribution in [0.3, 0.4) is 0 Å². The molecule has 1 aromatic rings. The van der Waals surface area contributed by atoms with Gasteiger partial charge in [-0.05, 0) is 12.0 Å². The molecule has 0 bridgehead atoms. The Morgan fingerprint density at radius 1 is 1.47 bits per heavy atom. The average Bonchev–Trinajstić information content (AvgIpc) is 2.48. The van der Waals surface area contributed by atoms with Crippen LogP contribution in [0.2, 0.25) is 0 Å². The number of amides is 1. The van der Waals surface area contributed by atoms with Crippen molar-refractivity contribution in [3.05, 3.63) is 35.9 Å². The summed E-state index contributed by atoms with van der Waals surface area (Å²) >= 11 is 0. The predicted octanol–water partition coefficient (Wildman–Crippen LogP) is 1.71. The van der Waals surface area contributed by atoms with Gasteiger partial charge in [0.2, 0.25) is 5.91 Å². The third-order valence-corrected chi connectivity index (χ3v) is 3.47. The monoisotopic (exact) mass is 262 g/mol. The van der Waals surface area contributed by atoms with Crippen LogP contribution >= 0.6 is 0 Å². The molecule has 2 rings (SSSR count). The number of hydrogen-bond acceptors (Lipinski definition) is 3. The van der Waals surface area contributed by atoms with E-state index in [1.165, 1.54) is 0 Å². The fourth-order valence-electron chi connectivity index (χ4n) is 2.39. The quantitative estimate of drug-likeness (QED) is 0.898. The lowest BCUT2D eigenvalue weighted by molar-refractivity contribution is -0.140. The van der Waals surface area contributed by atoms with Gasteiger partial charge in [-0.15, -0.1) is 0 Å². The number of carbonyl (C=O) groups excluding carboxylic acids is 1. The van der Waals surface area contributed by atoms with Crippen molar-refractivity contribution in [2.24, 2.45) is 5.73 Å². The zero-order chi connectivity index (χ0) is 13.7. The Hall–Kier alpha value is -1.39. The van der Waals surface area contributed by atoms with Crippen LogP contribution in [0.5, 0.6) is 0 Å². The van der Waals surface area contributed by atoms with Gasteiger partial charge in [-0.25, -0.2) is 0 Å². The van der Waals surface area contributed by atoms with Crippen LogP contribution in [0.15, 0.2) is 30.3 Å². The molecule has 1 fully saturated rings. The summed E-state index contributed by atoms with van der Waals surface area (Å²) in [7, 11) is 0. The lowest BCUT2D eigenvalue weighted by atomic mass is 10.1. The lowest BCUT2D eigenvalue weighted by Gasteiger charge is -2.34. The first kappa shape index (κ1) is 14.0. The van der Waals surface area contributed by atoms with Crippen LogP contribution in [-0.2, 0) is 9.53 Å². The van der Waals surface area contributed by atoms with Crippen LogP contribution in [-0.4, -0.2) is 36.5 Å². The molecule has 19 heavy (non-hydrogen) atoms. The second kappa shape index (κ2) is 6.68. The normalized spacial score (nSPS) is 21.2. The van der Waals surface area contributed by atoms with Crippen molar-refractivity contribution in [3.8, 4) is 0 Å². The van der Waals surface area contributed by atoms with Crippen molar-refractivity contribution in [3.63, 3.8) is 0 Å². The van der Waals surface area contributed by atoms with Gasteiger partial charge in [0, 0.05) is 6.54 Å². The molecular weight excluding hydrogens is 240 g/mol. The van der Waals surface area contributed by atoms with Gasteiger partial charge < -0.3 is 15.4 Å². The van der Waals surface area contributed by atoms with E-state index in [0.717, 1.165) is 18.4 Å². The Morgan fingerprint density at radius 2 is 2.21 bits per heavy atom. The van der Waals surface area contributed by atoms with Crippen LogP contribution in [0.25, 0.3) is 0 Å². The third-order valence-electron chi connectivity index (χ3n) is 3.47. The molecule has 4 heteroatoms. The number of hydrogen-bond donors (Lipinski definition) is 1. The van der Waals surface area contributed by atoms with Crippen molar-refractivity contribution < 1.29 is 9.53 Å². The molecular formula is C15H22N2O2. The van der Waals surface area contributed by atoms with Crippen molar-refractivity contribution in [1.29, 1.82) is 0 Å². The molecule has 4 nitrogen and oxygen atoms in total. The van der Waals surface area contributed by atoms with Crippen molar-refractivity contribution in [2.75, 3.05) is 19.7 Å². The molecule has 104 valence electrons. The fraction of sp³-hybridized carbons (Fsp3) is 0.533. The molecule has 1 aliphatic heterocycles. The highest BCUT2D eigenvalue weighted by atomic mass is 16.5. The summed E-state index contributed by atoms with van der Waals surface area (Å²) in [4.78, 5) is 14.0. The highest BCUT2D eigenvalue weighted by molar-refractivity contribution is 5.81. The zero-order valence-electron chi connectivity index (χ0n) is 11.4. The van der Waals surface area contributed by atoms with Gasteiger partial charge in [0.05, 0.1) is 19.2 Å². The number of ether oxygens (including phenoxy) is 1. The maximum atomic E-state index is 12.2. The number of nitrogens with zero attached hydrogens (tertiary/aromatic N) is 1. The van der Waals surface area contributed by atoms with Gasteiger partial charge >= 0.3 is 0 Å². The zero-order valence-corrected chi connectivity index (χ0v) is 11.4. The van der Waals surface area contributed by atoms with E-state index in [-0.39, 0.29) is 18.1 Å². The van der Waals surface area contributed by atoms with Crippen molar-refractivity contribution in [2.45, 2.75) is 31.9 Å². The average molecular weight is 262 g/mol. The number of nitrogens with two attached hydrogens (primary N) is 1. The van der Waals surface area contributed by atoms with Crippen LogP contribution in [0.4, 0.5) is 0 Å². The van der Waals surface area contributed by atoms with E-state index < -0.39 is 0 Å². The maximum absolute atomic E-state index is 12.2. The molecule has 0 radical (unpaired) electrons. The third kappa shape index (κ3) is 3.55. The van der Waals surface area contributed by atoms with Gasteiger partial charge in [-0.3, -0.25) is 4.79 Å². The highest BCUT2D eigenvalue weighted by Crippen LogP contribution is 2.22. The number of carbonyl (C=O) groups is 1. The van der Waals surface area contributed by atoms with E-state index in [0.29, 0.717) is 19.7 Å². The molecule has 1 aliphatic rings. The molecule has 1 heterocycles. The van der Waals surface area contributed by atoms with Crippen LogP contribution < -0.4 is 5.73 Å².